The van der Waals surface area contributed by atoms with E-state index in [2.05, 4.69) is 24.9 Å². The average Bonchev–Trinajstić information content (AvgIpc) is 2.78. The van der Waals surface area contributed by atoms with Crippen LogP contribution in [0, 0.1) is 0 Å². The van der Waals surface area contributed by atoms with E-state index < -0.39 is 30.4 Å². The van der Waals surface area contributed by atoms with Crippen molar-refractivity contribution in [2.24, 2.45) is 0 Å². The molecule has 0 aromatic heterocycles. The average molecular weight is 541 g/mol. The second-order valence-corrected chi connectivity index (χ2v) is 21.7. The second-order valence-electron chi connectivity index (χ2n) is 8.73. The Hall–Kier alpha value is -0.681. The van der Waals surface area contributed by atoms with Gasteiger partial charge in [0, 0.05) is 0 Å². The molecular formula is C27H44F2OSn. The van der Waals surface area contributed by atoms with Crippen molar-refractivity contribution < 1.29 is 13.5 Å². The van der Waals surface area contributed by atoms with Crippen molar-refractivity contribution >= 4 is 18.4 Å². The van der Waals surface area contributed by atoms with Crippen molar-refractivity contribution in [2.45, 2.75) is 105 Å². The van der Waals surface area contributed by atoms with E-state index >= 15 is 8.78 Å². The van der Waals surface area contributed by atoms with E-state index in [4.69, 9.17) is 4.74 Å². The molecule has 1 aromatic carbocycles. The molecule has 1 unspecified atom stereocenters. The molecule has 0 fully saturated rings. The molecule has 31 heavy (non-hydrogen) atoms. The molecule has 1 rings (SSSR count). The predicted octanol–water partition coefficient (Wildman–Crippen LogP) is 9.12. The van der Waals surface area contributed by atoms with Gasteiger partial charge in [0.2, 0.25) is 0 Å². The molecule has 4 heteroatoms. The Morgan fingerprint density at radius 2 is 1.45 bits per heavy atom. The van der Waals surface area contributed by atoms with Crippen LogP contribution in [-0.4, -0.2) is 30.4 Å². The van der Waals surface area contributed by atoms with Gasteiger partial charge in [0.25, 0.3) is 0 Å². The van der Waals surface area contributed by atoms with E-state index in [1.54, 1.807) is 12.2 Å². The molecule has 0 aliphatic rings. The van der Waals surface area contributed by atoms with Crippen molar-refractivity contribution in [1.82, 2.24) is 0 Å². The van der Waals surface area contributed by atoms with Crippen molar-refractivity contribution in [3.8, 4) is 0 Å². The van der Waals surface area contributed by atoms with Crippen molar-refractivity contribution in [3.63, 3.8) is 0 Å². The Bertz CT molecular complexity index is 606. The number of halogens is 2. The van der Waals surface area contributed by atoms with E-state index in [9.17, 15) is 0 Å². The molecule has 0 amide bonds. The van der Waals surface area contributed by atoms with Crippen LogP contribution < -0.4 is 0 Å². The van der Waals surface area contributed by atoms with Gasteiger partial charge >= 0.3 is 195 Å². The minimum absolute atomic E-state index is 0.201. The van der Waals surface area contributed by atoms with E-state index in [1.807, 2.05) is 37.3 Å². The van der Waals surface area contributed by atoms with Gasteiger partial charge in [0.1, 0.15) is 0 Å². The molecule has 0 radical (unpaired) electrons. The zero-order chi connectivity index (χ0) is 23.0. The fourth-order valence-electron chi connectivity index (χ4n) is 3.93. The first-order valence-electron chi connectivity index (χ1n) is 12.3. The van der Waals surface area contributed by atoms with Crippen LogP contribution in [-0.2, 0) is 11.3 Å². The van der Waals surface area contributed by atoms with Gasteiger partial charge in [-0.1, -0.05) is 0 Å². The van der Waals surface area contributed by atoms with Crippen LogP contribution in [0.3, 0.4) is 0 Å². The van der Waals surface area contributed by atoms with E-state index in [0.717, 1.165) is 11.6 Å². The first-order chi connectivity index (χ1) is 14.9. The van der Waals surface area contributed by atoms with Gasteiger partial charge in [-0.15, -0.1) is 0 Å². The van der Waals surface area contributed by atoms with Crippen LogP contribution in [0.5, 0.6) is 0 Å². The first-order valence-corrected chi connectivity index (χ1v) is 20.0. The molecule has 0 spiro atoms. The molecule has 0 aliphatic heterocycles. The Kier molecular flexibility index (Phi) is 14.6. The summed E-state index contributed by atoms with van der Waals surface area (Å²) < 4.78 is 42.1. The van der Waals surface area contributed by atoms with Crippen molar-refractivity contribution in [3.05, 3.63) is 58.2 Å². The maximum absolute atomic E-state index is 15.1. The molecular weight excluding hydrogens is 497 g/mol. The fourth-order valence-corrected chi connectivity index (χ4v) is 18.2. The summed E-state index contributed by atoms with van der Waals surface area (Å²) in [6.45, 7) is 8.77. The van der Waals surface area contributed by atoms with Crippen LogP contribution in [0.4, 0.5) is 8.78 Å². The summed E-state index contributed by atoms with van der Waals surface area (Å²) in [5, 5.41) is 0. The molecule has 0 saturated heterocycles. The van der Waals surface area contributed by atoms with E-state index in [-0.39, 0.29) is 6.61 Å². The monoisotopic (exact) mass is 542 g/mol. The third-order valence-corrected chi connectivity index (χ3v) is 20.1. The Morgan fingerprint density at radius 1 is 0.903 bits per heavy atom. The fraction of sp³-hybridized carbons (Fsp3) is 0.630. The van der Waals surface area contributed by atoms with Crippen LogP contribution in [0.15, 0.2) is 52.7 Å². The summed E-state index contributed by atoms with van der Waals surface area (Å²) in [5.41, 5.74) is 0.925. The van der Waals surface area contributed by atoms with Crippen molar-refractivity contribution in [1.29, 1.82) is 0 Å². The zero-order valence-electron chi connectivity index (χ0n) is 20.2. The Balaban J connectivity index is 3.16. The third kappa shape index (κ3) is 11.1. The van der Waals surface area contributed by atoms with Gasteiger partial charge in [-0.25, -0.2) is 0 Å². The van der Waals surface area contributed by atoms with Gasteiger partial charge in [0.05, 0.1) is 0 Å². The predicted molar refractivity (Wildman–Crippen MR) is 133 cm³/mol. The van der Waals surface area contributed by atoms with Crippen molar-refractivity contribution in [2.75, 3.05) is 0 Å². The number of rotatable bonds is 17. The quantitative estimate of drug-likeness (QED) is 0.141. The van der Waals surface area contributed by atoms with Crippen LogP contribution in [0.2, 0.25) is 13.3 Å². The van der Waals surface area contributed by atoms with Gasteiger partial charge in [-0.3, -0.25) is 0 Å². The SMILES string of the molecule is CCC=CC(F)(F)C(C=[CH][Sn]([CH2]CCC)([CH2]CCC)[CH2]CCC)OCc1ccccc1. The molecule has 0 heterocycles. The van der Waals surface area contributed by atoms with Gasteiger partial charge in [0.15, 0.2) is 0 Å². The molecule has 0 aliphatic carbocycles. The van der Waals surface area contributed by atoms with E-state index in [1.165, 1.54) is 51.8 Å². The molecule has 1 aromatic rings. The summed E-state index contributed by atoms with van der Waals surface area (Å²) in [6.07, 6.45) is 10.9. The number of hydrogen-bond acceptors (Lipinski definition) is 1. The third-order valence-electron chi connectivity index (χ3n) is 5.94. The van der Waals surface area contributed by atoms with Crippen LogP contribution in [0.1, 0.15) is 78.2 Å². The molecule has 1 nitrogen and oxygen atoms in total. The van der Waals surface area contributed by atoms with Gasteiger partial charge < -0.3 is 0 Å². The minimum atomic E-state index is -3.00. The number of alkyl halides is 2. The number of ether oxygens (including phenoxy) is 1. The Morgan fingerprint density at radius 3 is 1.94 bits per heavy atom. The number of unbranched alkanes of at least 4 members (excludes halogenated alkanes) is 3. The normalized spacial score (nSPS) is 14.0. The topological polar surface area (TPSA) is 9.23 Å². The summed E-state index contributed by atoms with van der Waals surface area (Å²) in [5.74, 6) is -3.00. The van der Waals surface area contributed by atoms with Gasteiger partial charge in [-0.2, -0.15) is 0 Å². The molecule has 1 atom stereocenters. The molecule has 0 saturated carbocycles. The second kappa shape index (κ2) is 16.0. The summed E-state index contributed by atoms with van der Waals surface area (Å²) in [6, 6.07) is 9.61. The van der Waals surface area contributed by atoms with E-state index in [0.29, 0.717) is 6.42 Å². The molecule has 176 valence electrons. The number of benzene rings is 1. The van der Waals surface area contributed by atoms with Crippen LogP contribution in [0.25, 0.3) is 0 Å². The Labute approximate surface area is 194 Å². The summed E-state index contributed by atoms with van der Waals surface area (Å²) >= 11 is -2.65. The molecule has 0 N–H and O–H groups in total. The zero-order valence-corrected chi connectivity index (χ0v) is 23.1. The number of allylic oxidation sites excluding steroid dienone is 1. The standard InChI is InChI=1S/C15H17F2O.3C4H9.Sn/c1-3-5-11-15(16,17)14(4-2)18-12-13-9-7-6-8-10-13;3*1-3-4-2;/h2,4-11,14H,3,12H2,1H3;3*1,3-4H2,2H3;. The van der Waals surface area contributed by atoms with Gasteiger partial charge in [-0.05, 0) is 0 Å². The van der Waals surface area contributed by atoms with Crippen LogP contribution >= 0.6 is 0 Å². The first kappa shape index (κ1) is 28.4. The summed E-state index contributed by atoms with van der Waals surface area (Å²) in [4.78, 5) is 0. The maximum atomic E-state index is 15.1. The summed E-state index contributed by atoms with van der Waals surface area (Å²) in [7, 11) is 0. The number of hydrogen-bond donors (Lipinski definition) is 0. The molecule has 0 bridgehead atoms.